The zero-order chi connectivity index (χ0) is 20.0. The van der Waals surface area contributed by atoms with Gasteiger partial charge in [0.15, 0.2) is 15.8 Å². The molecule has 2 heterocycles. The summed E-state index contributed by atoms with van der Waals surface area (Å²) in [5.41, 5.74) is 0. The van der Waals surface area contributed by atoms with Crippen molar-refractivity contribution in [1.82, 2.24) is 15.5 Å². The van der Waals surface area contributed by atoms with Crippen molar-refractivity contribution in [1.29, 1.82) is 0 Å². The Morgan fingerprint density at radius 3 is 2.36 bits per heavy atom. The molecule has 162 valence electrons. The smallest absolute Gasteiger partial charge is 0.191 e. The Kier molecular flexibility index (Phi) is 7.61. The molecule has 0 radical (unpaired) electrons. The van der Waals surface area contributed by atoms with Crippen LogP contribution < -0.4 is 10.6 Å². The van der Waals surface area contributed by atoms with Gasteiger partial charge in [-0.1, -0.05) is 12.8 Å². The summed E-state index contributed by atoms with van der Waals surface area (Å²) in [5.74, 6) is 0.747. The van der Waals surface area contributed by atoms with Gasteiger partial charge in [0.25, 0.3) is 0 Å². The van der Waals surface area contributed by atoms with E-state index in [1.807, 2.05) is 6.92 Å². The Balaban J connectivity index is 1.58. The van der Waals surface area contributed by atoms with Gasteiger partial charge >= 0.3 is 0 Å². The second kappa shape index (κ2) is 9.76. The molecule has 2 N–H and O–H groups in total. The summed E-state index contributed by atoms with van der Waals surface area (Å²) >= 11 is 0. The van der Waals surface area contributed by atoms with Crippen molar-refractivity contribution in [3.05, 3.63) is 0 Å². The Bertz CT molecular complexity index is 617. The standard InChI is InChI=1S/C20H38N4O3S/c1-3-21-19(22-16-20(28(2,25)26)10-14-27-15-11-20)23-17-8-12-24(13-9-17)18-6-4-5-7-18/h17-18H,3-16H2,1-2H3,(H2,21,22,23). The van der Waals surface area contributed by atoms with E-state index in [-0.39, 0.29) is 0 Å². The van der Waals surface area contributed by atoms with Crippen LogP contribution in [-0.4, -0.2) is 81.8 Å². The fourth-order valence-corrected chi connectivity index (χ4v) is 6.01. The van der Waals surface area contributed by atoms with Gasteiger partial charge in [0.2, 0.25) is 0 Å². The average Bonchev–Trinajstić information content (AvgIpc) is 3.22. The van der Waals surface area contributed by atoms with Crippen molar-refractivity contribution in [2.24, 2.45) is 4.99 Å². The fourth-order valence-electron chi connectivity index (χ4n) is 4.80. The number of guanidine groups is 1. The van der Waals surface area contributed by atoms with Gasteiger partial charge in [0.05, 0.1) is 11.3 Å². The molecular weight excluding hydrogens is 376 g/mol. The highest BCUT2D eigenvalue weighted by molar-refractivity contribution is 7.92. The summed E-state index contributed by atoms with van der Waals surface area (Å²) in [6, 6.07) is 1.20. The van der Waals surface area contributed by atoms with E-state index in [1.54, 1.807) is 0 Å². The summed E-state index contributed by atoms with van der Waals surface area (Å²) in [7, 11) is -3.20. The number of nitrogens with zero attached hydrogens (tertiary/aromatic N) is 2. The molecule has 1 aliphatic carbocycles. The summed E-state index contributed by atoms with van der Waals surface area (Å²) < 4.78 is 29.5. The van der Waals surface area contributed by atoms with Crippen LogP contribution >= 0.6 is 0 Å². The van der Waals surface area contributed by atoms with Gasteiger partial charge in [-0.05, 0) is 45.4 Å². The normalized spacial score (nSPS) is 25.7. The lowest BCUT2D eigenvalue weighted by molar-refractivity contribution is 0.0768. The highest BCUT2D eigenvalue weighted by Gasteiger charge is 2.42. The number of aliphatic imine (C=N–C) groups is 1. The zero-order valence-corrected chi connectivity index (χ0v) is 18.4. The third-order valence-corrected chi connectivity index (χ3v) is 8.88. The molecule has 3 fully saturated rings. The van der Waals surface area contributed by atoms with Crippen LogP contribution in [0.3, 0.4) is 0 Å². The highest BCUT2D eigenvalue weighted by atomic mass is 32.2. The van der Waals surface area contributed by atoms with Crippen LogP contribution in [0.25, 0.3) is 0 Å². The largest absolute Gasteiger partial charge is 0.381 e. The van der Waals surface area contributed by atoms with E-state index >= 15 is 0 Å². The fraction of sp³-hybridized carbons (Fsp3) is 0.950. The molecule has 0 aromatic rings. The summed E-state index contributed by atoms with van der Waals surface area (Å²) in [5, 5.41) is 6.87. The van der Waals surface area contributed by atoms with Gasteiger partial charge in [0.1, 0.15) is 0 Å². The van der Waals surface area contributed by atoms with Crippen molar-refractivity contribution < 1.29 is 13.2 Å². The molecule has 3 aliphatic rings. The molecule has 1 saturated carbocycles. The topological polar surface area (TPSA) is 83.0 Å². The van der Waals surface area contributed by atoms with Crippen molar-refractivity contribution in [2.75, 3.05) is 45.6 Å². The van der Waals surface area contributed by atoms with Crippen LogP contribution in [-0.2, 0) is 14.6 Å². The molecule has 2 aliphatic heterocycles. The van der Waals surface area contributed by atoms with Crippen molar-refractivity contribution in [3.63, 3.8) is 0 Å². The lowest BCUT2D eigenvalue weighted by Crippen LogP contribution is -2.51. The predicted octanol–water partition coefficient (Wildman–Crippen LogP) is 1.54. The van der Waals surface area contributed by atoms with E-state index in [0.717, 1.165) is 44.5 Å². The average molecular weight is 415 g/mol. The third kappa shape index (κ3) is 5.39. The van der Waals surface area contributed by atoms with Crippen LogP contribution in [0.1, 0.15) is 58.3 Å². The van der Waals surface area contributed by atoms with Crippen molar-refractivity contribution >= 4 is 15.8 Å². The molecule has 0 aromatic carbocycles. The number of sulfone groups is 1. The van der Waals surface area contributed by atoms with Gasteiger partial charge in [-0.2, -0.15) is 0 Å². The number of rotatable bonds is 6. The Hall–Kier alpha value is -0.860. The van der Waals surface area contributed by atoms with Crippen LogP contribution in [0.5, 0.6) is 0 Å². The summed E-state index contributed by atoms with van der Waals surface area (Å²) in [4.78, 5) is 7.38. The zero-order valence-electron chi connectivity index (χ0n) is 17.6. The van der Waals surface area contributed by atoms with Crippen LogP contribution in [0.15, 0.2) is 4.99 Å². The van der Waals surface area contributed by atoms with Gasteiger partial charge < -0.3 is 20.3 Å². The second-order valence-electron chi connectivity index (χ2n) is 8.66. The highest BCUT2D eigenvalue weighted by Crippen LogP contribution is 2.30. The molecule has 8 heteroatoms. The molecular formula is C20H38N4O3S. The number of nitrogens with one attached hydrogen (secondary N) is 2. The number of piperidine rings is 1. The van der Waals surface area contributed by atoms with Gasteiger partial charge in [0, 0.05) is 51.2 Å². The van der Waals surface area contributed by atoms with E-state index in [2.05, 4.69) is 15.5 Å². The van der Waals surface area contributed by atoms with Crippen molar-refractivity contribution in [2.45, 2.75) is 75.1 Å². The molecule has 0 aromatic heterocycles. The SMILES string of the molecule is CCNC(=NCC1(S(C)(=O)=O)CCOCC1)NC1CCN(C2CCCC2)CC1. The molecule has 0 amide bonds. The van der Waals surface area contributed by atoms with E-state index in [1.165, 1.54) is 31.9 Å². The quantitative estimate of drug-likeness (QED) is 0.507. The number of hydrogen-bond donors (Lipinski definition) is 2. The van der Waals surface area contributed by atoms with E-state index in [9.17, 15) is 8.42 Å². The number of hydrogen-bond acceptors (Lipinski definition) is 5. The molecule has 0 bridgehead atoms. The Morgan fingerprint density at radius 1 is 1.14 bits per heavy atom. The summed E-state index contributed by atoms with van der Waals surface area (Å²) in [6.07, 6.45) is 10.1. The van der Waals surface area contributed by atoms with E-state index < -0.39 is 14.6 Å². The van der Waals surface area contributed by atoms with E-state index in [4.69, 9.17) is 9.73 Å². The first kappa shape index (κ1) is 21.8. The maximum atomic E-state index is 12.5. The number of ether oxygens (including phenoxy) is 1. The van der Waals surface area contributed by atoms with Gasteiger partial charge in [-0.25, -0.2) is 8.42 Å². The van der Waals surface area contributed by atoms with Crippen LogP contribution in [0.2, 0.25) is 0 Å². The first-order valence-corrected chi connectivity index (χ1v) is 12.9. The number of likely N-dealkylation sites (tertiary alicyclic amines) is 1. The minimum Gasteiger partial charge on any atom is -0.381 e. The summed E-state index contributed by atoms with van der Waals surface area (Å²) in [6.45, 7) is 6.38. The molecule has 3 rings (SSSR count). The maximum absolute atomic E-state index is 12.5. The maximum Gasteiger partial charge on any atom is 0.191 e. The molecule has 0 unspecified atom stereocenters. The molecule has 0 spiro atoms. The Labute approximate surface area is 170 Å². The molecule has 0 atom stereocenters. The molecule has 7 nitrogen and oxygen atoms in total. The lowest BCUT2D eigenvalue weighted by atomic mass is 9.99. The monoisotopic (exact) mass is 414 g/mol. The first-order chi connectivity index (χ1) is 13.4. The minimum atomic E-state index is -3.20. The van der Waals surface area contributed by atoms with Crippen LogP contribution in [0.4, 0.5) is 0 Å². The molecule has 28 heavy (non-hydrogen) atoms. The second-order valence-corrected chi connectivity index (χ2v) is 11.1. The third-order valence-electron chi connectivity index (χ3n) is 6.77. The van der Waals surface area contributed by atoms with Gasteiger partial charge in [-0.15, -0.1) is 0 Å². The lowest BCUT2D eigenvalue weighted by Gasteiger charge is -2.37. The first-order valence-electron chi connectivity index (χ1n) is 11.0. The van der Waals surface area contributed by atoms with Gasteiger partial charge in [-0.3, -0.25) is 4.99 Å². The van der Waals surface area contributed by atoms with E-state index in [0.29, 0.717) is 38.6 Å². The minimum absolute atomic E-state index is 0.297. The molecule has 2 saturated heterocycles. The van der Waals surface area contributed by atoms with Crippen LogP contribution in [0, 0.1) is 0 Å². The Morgan fingerprint density at radius 2 is 1.79 bits per heavy atom. The van der Waals surface area contributed by atoms with Crippen molar-refractivity contribution in [3.8, 4) is 0 Å². The predicted molar refractivity (Wildman–Crippen MR) is 114 cm³/mol.